The van der Waals surface area contributed by atoms with Crippen molar-refractivity contribution in [2.45, 2.75) is 25.2 Å². The molecule has 0 aliphatic carbocycles. The highest BCUT2D eigenvalue weighted by molar-refractivity contribution is 5.48. The molecule has 4 nitrogen and oxygen atoms in total. The Bertz CT molecular complexity index is 364. The highest BCUT2D eigenvalue weighted by atomic mass is 16.7. The molecule has 0 radical (unpaired) electrons. The van der Waals surface area contributed by atoms with Gasteiger partial charge in [-0.3, -0.25) is 0 Å². The minimum Gasteiger partial charge on any atom is -0.371 e. The van der Waals surface area contributed by atoms with Gasteiger partial charge >= 0.3 is 0 Å². The summed E-state index contributed by atoms with van der Waals surface area (Å²) in [6.45, 7) is 2.49. The molecular weight excluding hydrogens is 228 g/mol. The standard InChI is InChI=1S/C14H22N2O2/c1-17-14(18-2)7-9-16(10-8-14)13-5-3-12(11-15)4-6-13/h3-6H,7-11,15H2,1-2H3. The Kier molecular flexibility index (Phi) is 4.22. The normalized spacial score (nSPS) is 18.9. The molecule has 2 N–H and O–H groups in total. The molecule has 4 heteroatoms. The van der Waals surface area contributed by atoms with Gasteiger partial charge in [0.15, 0.2) is 5.79 Å². The van der Waals surface area contributed by atoms with Crippen molar-refractivity contribution in [2.75, 3.05) is 32.2 Å². The fourth-order valence-electron chi connectivity index (χ4n) is 2.44. The van der Waals surface area contributed by atoms with E-state index in [0.717, 1.165) is 25.9 Å². The van der Waals surface area contributed by atoms with Gasteiger partial charge in [0.25, 0.3) is 0 Å². The van der Waals surface area contributed by atoms with E-state index in [-0.39, 0.29) is 0 Å². The number of rotatable bonds is 4. The summed E-state index contributed by atoms with van der Waals surface area (Å²) >= 11 is 0. The van der Waals surface area contributed by atoms with E-state index >= 15 is 0 Å². The largest absolute Gasteiger partial charge is 0.371 e. The first-order chi connectivity index (χ1) is 8.73. The summed E-state index contributed by atoms with van der Waals surface area (Å²) in [5.74, 6) is -0.395. The summed E-state index contributed by atoms with van der Waals surface area (Å²) in [6.07, 6.45) is 1.78. The zero-order valence-corrected chi connectivity index (χ0v) is 11.2. The van der Waals surface area contributed by atoms with Gasteiger partial charge in [-0.1, -0.05) is 12.1 Å². The van der Waals surface area contributed by atoms with Gasteiger partial charge in [0.1, 0.15) is 0 Å². The molecule has 100 valence electrons. The van der Waals surface area contributed by atoms with Crippen LogP contribution in [0.1, 0.15) is 18.4 Å². The Morgan fingerprint density at radius 2 is 1.67 bits per heavy atom. The molecule has 0 bridgehead atoms. The van der Waals surface area contributed by atoms with Gasteiger partial charge in [0.2, 0.25) is 0 Å². The Hall–Kier alpha value is -1.10. The molecular formula is C14H22N2O2. The monoisotopic (exact) mass is 250 g/mol. The van der Waals surface area contributed by atoms with Crippen LogP contribution in [0.5, 0.6) is 0 Å². The molecule has 18 heavy (non-hydrogen) atoms. The third-order valence-electron chi connectivity index (χ3n) is 3.81. The second-order valence-electron chi connectivity index (χ2n) is 4.68. The van der Waals surface area contributed by atoms with Crippen molar-refractivity contribution < 1.29 is 9.47 Å². The molecule has 0 aromatic heterocycles. The molecule has 1 aromatic rings. The van der Waals surface area contributed by atoms with Crippen molar-refractivity contribution in [3.8, 4) is 0 Å². The number of piperidine rings is 1. The number of nitrogens with zero attached hydrogens (tertiary/aromatic N) is 1. The summed E-state index contributed by atoms with van der Waals surface area (Å²) in [7, 11) is 3.43. The maximum absolute atomic E-state index is 5.60. The molecule has 1 saturated heterocycles. The Labute approximate surface area is 109 Å². The highest BCUT2D eigenvalue weighted by Gasteiger charge is 2.34. The van der Waals surface area contributed by atoms with Crippen molar-refractivity contribution in [1.29, 1.82) is 0 Å². The first kappa shape index (κ1) is 13.3. The van der Waals surface area contributed by atoms with Crippen molar-refractivity contribution >= 4 is 5.69 Å². The summed E-state index contributed by atoms with van der Waals surface area (Å²) in [5.41, 5.74) is 8.01. The second-order valence-corrected chi connectivity index (χ2v) is 4.68. The third kappa shape index (κ3) is 2.66. The average molecular weight is 250 g/mol. The van der Waals surface area contributed by atoms with Crippen LogP contribution in [0.3, 0.4) is 0 Å². The van der Waals surface area contributed by atoms with Crippen LogP contribution in [0.2, 0.25) is 0 Å². The SMILES string of the molecule is COC1(OC)CCN(c2ccc(CN)cc2)CC1. The number of ether oxygens (including phenoxy) is 2. The molecule has 0 amide bonds. The fraction of sp³-hybridized carbons (Fsp3) is 0.571. The number of anilines is 1. The van der Waals surface area contributed by atoms with Gasteiger partial charge in [-0.15, -0.1) is 0 Å². The second kappa shape index (κ2) is 5.69. The predicted molar refractivity (Wildman–Crippen MR) is 72.5 cm³/mol. The topological polar surface area (TPSA) is 47.7 Å². The minimum absolute atomic E-state index is 0.395. The van der Waals surface area contributed by atoms with Crippen molar-refractivity contribution in [1.82, 2.24) is 0 Å². The maximum Gasteiger partial charge on any atom is 0.170 e. The summed E-state index contributed by atoms with van der Waals surface area (Å²) < 4.78 is 11.0. The molecule has 1 aliphatic heterocycles. The summed E-state index contributed by atoms with van der Waals surface area (Å²) in [6, 6.07) is 8.44. The number of methoxy groups -OCH3 is 2. The van der Waals surface area contributed by atoms with Gasteiger partial charge in [-0.25, -0.2) is 0 Å². The Balaban J connectivity index is 2.00. The Morgan fingerprint density at radius 3 is 2.11 bits per heavy atom. The van der Waals surface area contributed by atoms with E-state index < -0.39 is 5.79 Å². The van der Waals surface area contributed by atoms with E-state index in [1.54, 1.807) is 14.2 Å². The number of hydrogen-bond donors (Lipinski definition) is 1. The smallest absolute Gasteiger partial charge is 0.170 e. The van der Waals surface area contributed by atoms with Crippen molar-refractivity contribution in [2.24, 2.45) is 5.73 Å². The van der Waals surface area contributed by atoms with Gasteiger partial charge in [0.05, 0.1) is 0 Å². The van der Waals surface area contributed by atoms with Crippen LogP contribution < -0.4 is 10.6 Å². The first-order valence-electron chi connectivity index (χ1n) is 6.37. The lowest BCUT2D eigenvalue weighted by atomic mass is 10.0. The molecule has 1 aromatic carbocycles. The van der Waals surface area contributed by atoms with Gasteiger partial charge in [-0.2, -0.15) is 0 Å². The van der Waals surface area contributed by atoms with E-state index in [1.807, 2.05) is 0 Å². The van der Waals surface area contributed by atoms with Crippen LogP contribution in [0.4, 0.5) is 5.69 Å². The molecule has 1 fully saturated rings. The molecule has 1 heterocycles. The van der Waals surface area contributed by atoms with Crippen LogP contribution in [0, 0.1) is 0 Å². The number of nitrogens with two attached hydrogens (primary N) is 1. The quantitative estimate of drug-likeness (QED) is 0.827. The predicted octanol–water partition coefficient (Wildman–Crippen LogP) is 1.73. The molecule has 0 unspecified atom stereocenters. The lowest BCUT2D eigenvalue weighted by Crippen LogP contribution is -2.46. The van der Waals surface area contributed by atoms with E-state index in [4.69, 9.17) is 15.2 Å². The van der Waals surface area contributed by atoms with Crippen molar-refractivity contribution in [3.63, 3.8) is 0 Å². The van der Waals surface area contributed by atoms with E-state index in [2.05, 4.69) is 29.2 Å². The van der Waals surface area contributed by atoms with Gasteiger partial charge < -0.3 is 20.1 Å². The number of benzene rings is 1. The van der Waals surface area contributed by atoms with Crippen LogP contribution in [-0.2, 0) is 16.0 Å². The molecule has 1 aliphatic rings. The van der Waals surface area contributed by atoms with Crippen molar-refractivity contribution in [3.05, 3.63) is 29.8 Å². The summed E-state index contributed by atoms with van der Waals surface area (Å²) in [5, 5.41) is 0. The van der Waals surface area contributed by atoms with Crippen LogP contribution in [0.25, 0.3) is 0 Å². The molecule has 0 spiro atoms. The fourth-order valence-corrected chi connectivity index (χ4v) is 2.44. The zero-order chi connectivity index (χ0) is 13.0. The van der Waals surface area contributed by atoms with Crippen LogP contribution in [0.15, 0.2) is 24.3 Å². The van der Waals surface area contributed by atoms with E-state index in [1.165, 1.54) is 11.3 Å². The summed E-state index contributed by atoms with van der Waals surface area (Å²) in [4.78, 5) is 2.36. The molecule has 0 atom stereocenters. The molecule has 2 rings (SSSR count). The average Bonchev–Trinajstić information content (AvgIpc) is 2.47. The Morgan fingerprint density at radius 1 is 1.11 bits per heavy atom. The van der Waals surface area contributed by atoms with Crippen LogP contribution >= 0.6 is 0 Å². The number of hydrogen-bond acceptors (Lipinski definition) is 4. The lowest BCUT2D eigenvalue weighted by Gasteiger charge is -2.40. The first-order valence-corrected chi connectivity index (χ1v) is 6.37. The van der Waals surface area contributed by atoms with E-state index in [9.17, 15) is 0 Å². The zero-order valence-electron chi connectivity index (χ0n) is 11.2. The third-order valence-corrected chi connectivity index (χ3v) is 3.81. The molecule has 0 saturated carbocycles. The minimum atomic E-state index is -0.395. The van der Waals surface area contributed by atoms with Gasteiger partial charge in [0, 0.05) is 52.4 Å². The lowest BCUT2D eigenvalue weighted by molar-refractivity contribution is -0.216. The maximum atomic E-state index is 5.60. The van der Waals surface area contributed by atoms with Crippen LogP contribution in [-0.4, -0.2) is 33.1 Å². The van der Waals surface area contributed by atoms with Gasteiger partial charge in [-0.05, 0) is 17.7 Å². The van der Waals surface area contributed by atoms with E-state index in [0.29, 0.717) is 6.54 Å². The highest BCUT2D eigenvalue weighted by Crippen LogP contribution is 2.29.